The normalized spacial score (nSPS) is 22.5. The Morgan fingerprint density at radius 3 is 2.43 bits per heavy atom. The van der Waals surface area contributed by atoms with Gasteiger partial charge in [-0.3, -0.25) is 4.99 Å². The second-order valence-electron chi connectivity index (χ2n) is 7.74. The average molecular weight is 409 g/mol. The summed E-state index contributed by atoms with van der Waals surface area (Å²) in [6.45, 7) is 4.02. The predicted octanol–water partition coefficient (Wildman–Crippen LogP) is 1.73. The molecule has 0 bridgehead atoms. The molecule has 3 rings (SSSR count). The van der Waals surface area contributed by atoms with E-state index in [4.69, 9.17) is 4.74 Å². The second kappa shape index (κ2) is 9.13. The van der Waals surface area contributed by atoms with Crippen LogP contribution in [-0.2, 0) is 10.0 Å². The standard InChI is InChI=1S/C20H32N4O3S/c1-21-20(22-14-16-8-12-24(13-9-16)28(3,25)26)23-11-10-18(15-23)17-4-6-19(27-2)7-5-17/h4-7,16,18H,8-15H2,1-3H3,(H,21,22). The molecule has 2 aliphatic heterocycles. The van der Waals surface area contributed by atoms with Crippen molar-refractivity contribution in [3.05, 3.63) is 29.8 Å². The van der Waals surface area contributed by atoms with Crippen LogP contribution in [-0.4, -0.2) is 76.7 Å². The number of sulfonamides is 1. The Morgan fingerprint density at radius 2 is 1.86 bits per heavy atom. The minimum absolute atomic E-state index is 0.481. The Kier molecular flexibility index (Phi) is 6.82. The lowest BCUT2D eigenvalue weighted by Gasteiger charge is -2.31. The number of benzene rings is 1. The lowest BCUT2D eigenvalue weighted by Crippen LogP contribution is -2.45. The van der Waals surface area contributed by atoms with Crippen molar-refractivity contribution in [2.45, 2.75) is 25.2 Å². The average Bonchev–Trinajstić information content (AvgIpc) is 3.18. The maximum absolute atomic E-state index is 11.6. The molecule has 2 aliphatic rings. The third kappa shape index (κ3) is 5.17. The predicted molar refractivity (Wildman–Crippen MR) is 112 cm³/mol. The fourth-order valence-electron chi connectivity index (χ4n) is 4.11. The number of rotatable bonds is 5. The Labute approximate surface area is 168 Å². The van der Waals surface area contributed by atoms with Gasteiger partial charge in [0.1, 0.15) is 5.75 Å². The Morgan fingerprint density at radius 1 is 1.18 bits per heavy atom. The molecule has 0 spiro atoms. The number of hydrogen-bond acceptors (Lipinski definition) is 4. The number of aliphatic imine (C=N–C) groups is 1. The molecule has 0 saturated carbocycles. The number of nitrogens with one attached hydrogen (secondary N) is 1. The van der Waals surface area contributed by atoms with Crippen molar-refractivity contribution in [2.24, 2.45) is 10.9 Å². The van der Waals surface area contributed by atoms with Crippen LogP contribution < -0.4 is 10.1 Å². The molecule has 1 aromatic carbocycles. The van der Waals surface area contributed by atoms with Gasteiger partial charge in [-0.15, -0.1) is 0 Å². The van der Waals surface area contributed by atoms with Crippen LogP contribution >= 0.6 is 0 Å². The van der Waals surface area contributed by atoms with Gasteiger partial charge in [-0.05, 0) is 42.9 Å². The molecule has 8 heteroatoms. The minimum atomic E-state index is -3.06. The number of nitrogens with zero attached hydrogens (tertiary/aromatic N) is 3. The summed E-state index contributed by atoms with van der Waals surface area (Å²) >= 11 is 0. The van der Waals surface area contributed by atoms with Gasteiger partial charge in [-0.2, -0.15) is 0 Å². The topological polar surface area (TPSA) is 74.2 Å². The van der Waals surface area contributed by atoms with E-state index in [2.05, 4.69) is 27.3 Å². The minimum Gasteiger partial charge on any atom is -0.497 e. The van der Waals surface area contributed by atoms with Gasteiger partial charge in [0.05, 0.1) is 13.4 Å². The van der Waals surface area contributed by atoms with Crippen LogP contribution in [0.2, 0.25) is 0 Å². The summed E-state index contributed by atoms with van der Waals surface area (Å²) < 4.78 is 30.1. The van der Waals surface area contributed by atoms with E-state index in [0.29, 0.717) is 24.9 Å². The molecule has 0 aromatic heterocycles. The summed E-state index contributed by atoms with van der Waals surface area (Å²) in [6, 6.07) is 8.35. The summed E-state index contributed by atoms with van der Waals surface area (Å²) in [5, 5.41) is 3.51. The number of likely N-dealkylation sites (tertiary alicyclic amines) is 1. The zero-order chi connectivity index (χ0) is 20.1. The van der Waals surface area contributed by atoms with Crippen LogP contribution in [0, 0.1) is 5.92 Å². The van der Waals surface area contributed by atoms with E-state index in [0.717, 1.165) is 50.6 Å². The molecule has 1 N–H and O–H groups in total. The number of hydrogen-bond donors (Lipinski definition) is 1. The lowest BCUT2D eigenvalue weighted by atomic mass is 9.98. The van der Waals surface area contributed by atoms with E-state index in [9.17, 15) is 8.42 Å². The first-order chi connectivity index (χ1) is 13.4. The van der Waals surface area contributed by atoms with Crippen LogP contribution in [0.15, 0.2) is 29.3 Å². The van der Waals surface area contributed by atoms with Gasteiger partial charge in [0.2, 0.25) is 10.0 Å². The molecule has 1 aromatic rings. The quantitative estimate of drug-likeness (QED) is 0.593. The van der Waals surface area contributed by atoms with Gasteiger partial charge < -0.3 is 15.0 Å². The highest BCUT2D eigenvalue weighted by Gasteiger charge is 2.28. The van der Waals surface area contributed by atoms with E-state index >= 15 is 0 Å². The van der Waals surface area contributed by atoms with Crippen molar-refractivity contribution < 1.29 is 13.2 Å². The highest BCUT2D eigenvalue weighted by atomic mass is 32.2. The summed E-state index contributed by atoms with van der Waals surface area (Å²) in [4.78, 5) is 6.79. The van der Waals surface area contributed by atoms with Crippen LogP contribution in [0.4, 0.5) is 0 Å². The summed E-state index contributed by atoms with van der Waals surface area (Å²) in [5.74, 6) is 2.82. The summed E-state index contributed by atoms with van der Waals surface area (Å²) in [6.07, 6.45) is 4.19. The highest BCUT2D eigenvalue weighted by Crippen LogP contribution is 2.28. The van der Waals surface area contributed by atoms with E-state index in [1.807, 2.05) is 19.2 Å². The van der Waals surface area contributed by atoms with Gasteiger partial charge in [-0.25, -0.2) is 12.7 Å². The first-order valence-corrected chi connectivity index (χ1v) is 11.8. The van der Waals surface area contributed by atoms with Crippen molar-refractivity contribution in [2.75, 3.05) is 53.1 Å². The molecule has 2 heterocycles. The third-order valence-corrected chi connectivity index (χ3v) is 7.18. The van der Waals surface area contributed by atoms with Crippen molar-refractivity contribution in [1.82, 2.24) is 14.5 Å². The smallest absolute Gasteiger partial charge is 0.211 e. The number of piperidine rings is 1. The molecular weight excluding hydrogens is 376 g/mol. The number of ether oxygens (including phenoxy) is 1. The van der Waals surface area contributed by atoms with Crippen LogP contribution in [0.1, 0.15) is 30.7 Å². The Hall–Kier alpha value is -1.80. The van der Waals surface area contributed by atoms with Gasteiger partial charge in [0, 0.05) is 45.7 Å². The summed E-state index contributed by atoms with van der Waals surface area (Å²) in [7, 11) is 0.454. The fourth-order valence-corrected chi connectivity index (χ4v) is 4.99. The van der Waals surface area contributed by atoms with Crippen molar-refractivity contribution >= 4 is 16.0 Å². The van der Waals surface area contributed by atoms with Gasteiger partial charge in [0.15, 0.2) is 5.96 Å². The van der Waals surface area contributed by atoms with E-state index in [-0.39, 0.29) is 0 Å². The largest absolute Gasteiger partial charge is 0.497 e. The summed E-state index contributed by atoms with van der Waals surface area (Å²) in [5.41, 5.74) is 1.34. The van der Waals surface area contributed by atoms with Crippen LogP contribution in [0.3, 0.4) is 0 Å². The van der Waals surface area contributed by atoms with Crippen LogP contribution in [0.5, 0.6) is 5.75 Å². The molecule has 0 aliphatic carbocycles. The molecule has 156 valence electrons. The van der Waals surface area contributed by atoms with E-state index in [1.54, 1.807) is 11.4 Å². The highest BCUT2D eigenvalue weighted by molar-refractivity contribution is 7.88. The van der Waals surface area contributed by atoms with Gasteiger partial charge in [-0.1, -0.05) is 12.1 Å². The molecular formula is C20H32N4O3S. The van der Waals surface area contributed by atoms with Crippen molar-refractivity contribution in [3.8, 4) is 5.75 Å². The molecule has 7 nitrogen and oxygen atoms in total. The first kappa shape index (κ1) is 20.9. The molecule has 1 unspecified atom stereocenters. The maximum atomic E-state index is 11.6. The fraction of sp³-hybridized carbons (Fsp3) is 0.650. The Balaban J connectivity index is 1.48. The zero-order valence-electron chi connectivity index (χ0n) is 17.1. The zero-order valence-corrected chi connectivity index (χ0v) is 17.9. The molecule has 0 amide bonds. The molecule has 2 saturated heterocycles. The van der Waals surface area contributed by atoms with Crippen molar-refractivity contribution in [1.29, 1.82) is 0 Å². The maximum Gasteiger partial charge on any atom is 0.211 e. The third-order valence-electron chi connectivity index (χ3n) is 5.88. The molecule has 28 heavy (non-hydrogen) atoms. The second-order valence-corrected chi connectivity index (χ2v) is 9.72. The number of guanidine groups is 1. The molecule has 2 fully saturated rings. The molecule has 0 radical (unpaired) electrons. The monoisotopic (exact) mass is 408 g/mol. The SMILES string of the molecule is CN=C(NCC1CCN(S(C)(=O)=O)CC1)N1CCC(c2ccc(OC)cc2)C1. The van der Waals surface area contributed by atoms with Gasteiger partial charge in [0.25, 0.3) is 0 Å². The van der Waals surface area contributed by atoms with Crippen LogP contribution in [0.25, 0.3) is 0 Å². The van der Waals surface area contributed by atoms with E-state index in [1.165, 1.54) is 11.8 Å². The van der Waals surface area contributed by atoms with Crippen molar-refractivity contribution in [3.63, 3.8) is 0 Å². The lowest BCUT2D eigenvalue weighted by molar-refractivity contribution is 0.273. The van der Waals surface area contributed by atoms with Gasteiger partial charge >= 0.3 is 0 Å². The van der Waals surface area contributed by atoms with E-state index < -0.39 is 10.0 Å². The molecule has 1 atom stereocenters. The number of methoxy groups -OCH3 is 1. The first-order valence-electron chi connectivity index (χ1n) is 9.95. The Bertz CT molecular complexity index is 771.